The first kappa shape index (κ1) is 17.0. The van der Waals surface area contributed by atoms with E-state index >= 15 is 0 Å². The Morgan fingerprint density at radius 1 is 1.32 bits per heavy atom. The van der Waals surface area contributed by atoms with Crippen LogP contribution in [0.3, 0.4) is 0 Å². The fourth-order valence-electron chi connectivity index (χ4n) is 2.16. The maximum absolute atomic E-state index is 12.7. The topological polar surface area (TPSA) is 58.2 Å². The zero-order chi connectivity index (χ0) is 16.4. The van der Waals surface area contributed by atoms with E-state index in [1.54, 1.807) is 0 Å². The van der Waals surface area contributed by atoms with E-state index < -0.39 is 21.8 Å². The van der Waals surface area contributed by atoms with Crippen LogP contribution in [0.4, 0.5) is 13.2 Å². The molecule has 0 bridgehead atoms. The third-order valence-corrected chi connectivity index (χ3v) is 5.00. The van der Waals surface area contributed by atoms with Crippen molar-refractivity contribution < 1.29 is 21.6 Å². The van der Waals surface area contributed by atoms with Gasteiger partial charge < -0.3 is 5.32 Å². The summed E-state index contributed by atoms with van der Waals surface area (Å²) in [6.45, 7) is 3.01. The monoisotopic (exact) mass is 334 g/mol. The van der Waals surface area contributed by atoms with Crippen molar-refractivity contribution in [2.45, 2.75) is 24.4 Å². The Bertz CT molecular complexity index is 682. The lowest BCUT2D eigenvalue weighted by Crippen LogP contribution is -2.30. The van der Waals surface area contributed by atoms with Gasteiger partial charge in [0.2, 0.25) is 10.0 Å². The summed E-state index contributed by atoms with van der Waals surface area (Å²) in [6.07, 6.45) is -1.98. The number of sulfonamides is 1. The average molecular weight is 334 g/mol. The highest BCUT2D eigenvalue weighted by atomic mass is 32.2. The lowest BCUT2D eigenvalue weighted by molar-refractivity contribution is -0.137. The molecule has 22 heavy (non-hydrogen) atoms. The molecule has 0 aliphatic carbocycles. The molecule has 1 aromatic rings. The molecule has 0 saturated heterocycles. The molecular weight excluding hydrogens is 317 g/mol. The van der Waals surface area contributed by atoms with E-state index in [-0.39, 0.29) is 17.0 Å². The van der Waals surface area contributed by atoms with Gasteiger partial charge in [-0.05, 0) is 37.6 Å². The second-order valence-electron chi connectivity index (χ2n) is 5.12. The highest BCUT2D eigenvalue weighted by Gasteiger charge is 2.32. The molecule has 1 heterocycles. The van der Waals surface area contributed by atoms with Gasteiger partial charge in [0.25, 0.3) is 0 Å². The number of nitrogens with one attached hydrogen (secondary N) is 2. The average Bonchev–Trinajstić information content (AvgIpc) is 2.45. The highest BCUT2D eigenvalue weighted by molar-refractivity contribution is 7.89. The van der Waals surface area contributed by atoms with Crippen LogP contribution in [-0.4, -0.2) is 28.1 Å². The number of alkyl halides is 3. The van der Waals surface area contributed by atoms with Crippen LogP contribution in [0.5, 0.6) is 0 Å². The maximum atomic E-state index is 12.7. The predicted octanol–water partition coefficient (Wildman–Crippen LogP) is 2.21. The molecule has 0 unspecified atom stereocenters. The molecule has 2 rings (SSSR count). The number of halogens is 3. The molecule has 0 fully saturated rings. The summed E-state index contributed by atoms with van der Waals surface area (Å²) >= 11 is 0. The van der Waals surface area contributed by atoms with Crippen LogP contribution in [0, 0.1) is 6.92 Å². The number of hydrogen-bond donors (Lipinski definition) is 2. The molecule has 1 aliphatic rings. The molecule has 2 N–H and O–H groups in total. The van der Waals surface area contributed by atoms with Gasteiger partial charge in [-0.1, -0.05) is 17.7 Å². The lowest BCUT2D eigenvalue weighted by atomic mass is 10.1. The van der Waals surface area contributed by atoms with Gasteiger partial charge in [0.05, 0.1) is 10.5 Å². The molecule has 4 nitrogen and oxygen atoms in total. The lowest BCUT2D eigenvalue weighted by Gasteiger charge is -2.16. The van der Waals surface area contributed by atoms with E-state index in [0.29, 0.717) is 19.0 Å². The Kier molecular flexibility index (Phi) is 4.93. The Morgan fingerprint density at radius 2 is 2.05 bits per heavy atom. The van der Waals surface area contributed by atoms with Crippen molar-refractivity contribution in [2.24, 2.45) is 0 Å². The Balaban J connectivity index is 2.23. The zero-order valence-corrected chi connectivity index (χ0v) is 12.8. The molecule has 1 aromatic carbocycles. The third kappa shape index (κ3) is 4.08. The Morgan fingerprint density at radius 3 is 2.64 bits per heavy atom. The standard InChI is InChI=1S/C14H17F3N2O2S/c1-10-2-3-12(14(15,16)17)8-13(10)22(20,21)19-9-11-4-6-18-7-5-11/h2-4,8,18-19H,5-7,9H2,1H3. The summed E-state index contributed by atoms with van der Waals surface area (Å²) in [5.74, 6) is 0. The van der Waals surface area contributed by atoms with Crippen LogP contribution < -0.4 is 10.0 Å². The van der Waals surface area contributed by atoms with E-state index in [4.69, 9.17) is 0 Å². The number of rotatable bonds is 4. The summed E-state index contributed by atoms with van der Waals surface area (Å²) in [5, 5.41) is 3.10. The van der Waals surface area contributed by atoms with E-state index in [0.717, 1.165) is 18.2 Å². The third-order valence-electron chi connectivity index (χ3n) is 3.45. The molecule has 0 spiro atoms. The van der Waals surface area contributed by atoms with Crippen LogP contribution in [0.25, 0.3) is 0 Å². The van der Waals surface area contributed by atoms with Gasteiger partial charge in [-0.25, -0.2) is 13.1 Å². The van der Waals surface area contributed by atoms with Crippen molar-refractivity contribution in [3.63, 3.8) is 0 Å². The van der Waals surface area contributed by atoms with Gasteiger partial charge >= 0.3 is 6.18 Å². The Hall–Kier alpha value is -1.38. The molecule has 0 aromatic heterocycles. The highest BCUT2D eigenvalue weighted by Crippen LogP contribution is 2.31. The molecule has 0 saturated carbocycles. The molecule has 8 heteroatoms. The van der Waals surface area contributed by atoms with E-state index in [9.17, 15) is 21.6 Å². The first-order chi connectivity index (χ1) is 10.2. The fraction of sp³-hybridized carbons (Fsp3) is 0.429. The van der Waals surface area contributed by atoms with Crippen molar-refractivity contribution in [1.82, 2.24) is 10.0 Å². The van der Waals surface area contributed by atoms with E-state index in [1.807, 2.05) is 6.08 Å². The number of aryl methyl sites for hydroxylation is 1. The van der Waals surface area contributed by atoms with Crippen LogP contribution in [0.15, 0.2) is 34.7 Å². The first-order valence-corrected chi connectivity index (χ1v) is 8.24. The summed E-state index contributed by atoms with van der Waals surface area (Å²) in [7, 11) is -3.98. The second-order valence-corrected chi connectivity index (χ2v) is 6.85. The van der Waals surface area contributed by atoms with Crippen LogP contribution in [0.2, 0.25) is 0 Å². The van der Waals surface area contributed by atoms with Gasteiger partial charge in [-0.2, -0.15) is 13.2 Å². The SMILES string of the molecule is Cc1ccc(C(F)(F)F)cc1S(=O)(=O)NCC1=CCNCC1. The minimum absolute atomic E-state index is 0.111. The van der Waals surface area contributed by atoms with Gasteiger partial charge in [0.15, 0.2) is 0 Å². The van der Waals surface area contributed by atoms with Gasteiger partial charge in [-0.15, -0.1) is 0 Å². The van der Waals surface area contributed by atoms with Crippen molar-refractivity contribution >= 4 is 10.0 Å². The van der Waals surface area contributed by atoms with E-state index in [1.165, 1.54) is 13.0 Å². The predicted molar refractivity (Wildman–Crippen MR) is 76.9 cm³/mol. The van der Waals surface area contributed by atoms with Crippen molar-refractivity contribution in [3.8, 4) is 0 Å². The largest absolute Gasteiger partial charge is 0.416 e. The van der Waals surface area contributed by atoms with E-state index in [2.05, 4.69) is 10.0 Å². The van der Waals surface area contributed by atoms with Crippen molar-refractivity contribution in [3.05, 3.63) is 41.0 Å². The smallest absolute Gasteiger partial charge is 0.313 e. The summed E-state index contributed by atoms with van der Waals surface area (Å²) in [6, 6.07) is 2.72. The summed E-state index contributed by atoms with van der Waals surface area (Å²) in [5.41, 5.74) is 0.228. The quantitative estimate of drug-likeness (QED) is 0.830. The molecule has 122 valence electrons. The van der Waals surface area contributed by atoms with Crippen molar-refractivity contribution in [1.29, 1.82) is 0 Å². The second kappa shape index (κ2) is 6.39. The minimum atomic E-state index is -4.57. The normalized spacial score (nSPS) is 16.5. The molecular formula is C14H17F3N2O2S. The maximum Gasteiger partial charge on any atom is 0.416 e. The minimum Gasteiger partial charge on any atom is -0.313 e. The summed E-state index contributed by atoms with van der Waals surface area (Å²) in [4.78, 5) is -0.336. The van der Waals surface area contributed by atoms with Crippen molar-refractivity contribution in [2.75, 3.05) is 19.6 Å². The van der Waals surface area contributed by atoms with Crippen LogP contribution >= 0.6 is 0 Å². The van der Waals surface area contributed by atoms with Gasteiger partial charge in [0.1, 0.15) is 0 Å². The zero-order valence-electron chi connectivity index (χ0n) is 12.0. The molecule has 0 atom stereocenters. The van der Waals surface area contributed by atoms with Crippen LogP contribution in [-0.2, 0) is 16.2 Å². The first-order valence-electron chi connectivity index (χ1n) is 6.76. The molecule has 1 aliphatic heterocycles. The van der Waals surface area contributed by atoms with Gasteiger partial charge in [0, 0.05) is 13.1 Å². The fourth-order valence-corrected chi connectivity index (χ4v) is 3.47. The van der Waals surface area contributed by atoms with Gasteiger partial charge in [-0.3, -0.25) is 0 Å². The van der Waals surface area contributed by atoms with Crippen LogP contribution in [0.1, 0.15) is 17.5 Å². The Labute approximate surface area is 127 Å². The number of benzene rings is 1. The number of hydrogen-bond acceptors (Lipinski definition) is 3. The molecule has 0 radical (unpaired) electrons. The molecule has 0 amide bonds. The summed E-state index contributed by atoms with van der Waals surface area (Å²) < 4.78 is 65.1.